The molecule has 7 nitrogen and oxygen atoms in total. The van der Waals surface area contributed by atoms with Crippen molar-refractivity contribution in [1.29, 1.82) is 0 Å². The molecule has 4 bridgehead atoms. The minimum absolute atomic E-state index is 0.355. The average molecular weight is 325 g/mol. The van der Waals surface area contributed by atoms with Crippen LogP contribution in [-0.4, -0.2) is 41.9 Å². The molecule has 3 atom stereocenters. The normalized spacial score (nSPS) is 38.7. The lowest BCUT2D eigenvalue weighted by atomic mass is 9.48. The Balaban J connectivity index is 1.66. The molecule has 0 radical (unpaired) electrons. The number of amides is 2. The van der Waals surface area contributed by atoms with Crippen molar-refractivity contribution < 1.29 is 29.0 Å². The van der Waals surface area contributed by atoms with E-state index >= 15 is 0 Å². The first-order valence-electron chi connectivity index (χ1n) is 8.08. The fourth-order valence-electron chi connectivity index (χ4n) is 5.05. The van der Waals surface area contributed by atoms with E-state index in [4.69, 9.17) is 4.74 Å². The largest absolute Gasteiger partial charge is 0.453 e. The van der Waals surface area contributed by atoms with Gasteiger partial charge in [0.15, 0.2) is 6.10 Å². The molecular weight excluding hydrogens is 302 g/mol. The second-order valence-electron chi connectivity index (χ2n) is 7.49. The minimum atomic E-state index is -1.08. The molecule has 4 fully saturated rings. The van der Waals surface area contributed by atoms with Gasteiger partial charge < -0.3 is 14.6 Å². The van der Waals surface area contributed by atoms with Gasteiger partial charge in [0.05, 0.1) is 18.1 Å². The first kappa shape index (κ1) is 16.2. The number of esters is 1. The van der Waals surface area contributed by atoms with Gasteiger partial charge in [-0.25, -0.2) is 4.79 Å². The highest BCUT2D eigenvalue weighted by Gasteiger charge is 2.61. The predicted octanol–water partition coefficient (Wildman–Crippen LogP) is 1.13. The Labute approximate surface area is 134 Å². The van der Waals surface area contributed by atoms with Gasteiger partial charge in [0, 0.05) is 0 Å². The third kappa shape index (κ3) is 2.94. The van der Waals surface area contributed by atoms with Crippen molar-refractivity contribution in [2.75, 3.05) is 7.11 Å². The van der Waals surface area contributed by atoms with Crippen molar-refractivity contribution in [2.24, 2.45) is 17.3 Å². The van der Waals surface area contributed by atoms with Crippen LogP contribution in [0.15, 0.2) is 0 Å². The molecule has 128 valence electrons. The van der Waals surface area contributed by atoms with E-state index in [0.717, 1.165) is 39.2 Å². The topological polar surface area (TPSA) is 102 Å². The summed E-state index contributed by atoms with van der Waals surface area (Å²) in [6.07, 6.45) is 2.47. The standard InChI is InChI=1S/C16H23NO6/c1-9(12(18)17-14(20)22-2)23-13(19)15-4-10-3-11(5-15)7-16(21,6-10)8-15/h9-11,21H,3-8H2,1-2H3,(H,17,18,20)/t9-,10+,11+,15?,16?/m0/s1. The smallest absolute Gasteiger partial charge is 0.413 e. The summed E-state index contributed by atoms with van der Waals surface area (Å²) in [5, 5.41) is 12.7. The maximum Gasteiger partial charge on any atom is 0.413 e. The quantitative estimate of drug-likeness (QED) is 0.754. The lowest BCUT2D eigenvalue weighted by Gasteiger charge is -2.58. The molecule has 2 N–H and O–H groups in total. The van der Waals surface area contributed by atoms with Crippen molar-refractivity contribution in [3.05, 3.63) is 0 Å². The zero-order valence-corrected chi connectivity index (χ0v) is 13.5. The van der Waals surface area contributed by atoms with E-state index in [-0.39, 0.29) is 0 Å². The number of alkyl carbamates (subject to hydrolysis) is 1. The summed E-state index contributed by atoms with van der Waals surface area (Å²) in [4.78, 5) is 35.5. The molecule has 4 rings (SSSR count). The van der Waals surface area contributed by atoms with E-state index in [2.05, 4.69) is 4.74 Å². The van der Waals surface area contributed by atoms with Crippen molar-refractivity contribution in [3.63, 3.8) is 0 Å². The van der Waals surface area contributed by atoms with E-state index in [1.807, 2.05) is 5.32 Å². The lowest BCUT2D eigenvalue weighted by molar-refractivity contribution is -0.199. The van der Waals surface area contributed by atoms with E-state index in [1.165, 1.54) is 6.92 Å². The molecule has 2 amide bonds. The second kappa shape index (κ2) is 5.47. The number of aliphatic hydroxyl groups is 1. The highest BCUT2D eigenvalue weighted by atomic mass is 16.6. The van der Waals surface area contributed by atoms with E-state index in [0.29, 0.717) is 18.3 Å². The zero-order valence-electron chi connectivity index (χ0n) is 13.5. The SMILES string of the molecule is COC(=O)NC(=O)[C@H](C)OC(=O)C12C[C@H]3C[C@@H](CC(O)(C3)C1)C2. The van der Waals surface area contributed by atoms with Gasteiger partial charge in [0.25, 0.3) is 5.91 Å². The van der Waals surface area contributed by atoms with E-state index < -0.39 is 35.1 Å². The van der Waals surface area contributed by atoms with Crippen LogP contribution in [0.3, 0.4) is 0 Å². The van der Waals surface area contributed by atoms with E-state index in [1.54, 1.807) is 0 Å². The number of carbonyl (C=O) groups is 3. The van der Waals surface area contributed by atoms with Gasteiger partial charge in [-0.1, -0.05) is 0 Å². The van der Waals surface area contributed by atoms with Crippen LogP contribution in [0.2, 0.25) is 0 Å². The average Bonchev–Trinajstić information content (AvgIpc) is 2.44. The number of ether oxygens (including phenoxy) is 2. The highest BCUT2D eigenvalue weighted by molar-refractivity contribution is 5.95. The molecule has 0 aliphatic heterocycles. The lowest BCUT2D eigenvalue weighted by Crippen LogP contribution is -2.59. The van der Waals surface area contributed by atoms with E-state index in [9.17, 15) is 19.5 Å². The predicted molar refractivity (Wildman–Crippen MR) is 78.2 cm³/mol. The Kier molecular flexibility index (Phi) is 3.86. The molecule has 0 aromatic heterocycles. The summed E-state index contributed by atoms with van der Waals surface area (Å²) < 4.78 is 9.66. The number of rotatable bonds is 3. The van der Waals surface area contributed by atoms with Gasteiger partial charge in [0.1, 0.15) is 0 Å². The van der Waals surface area contributed by atoms with Crippen LogP contribution in [0.4, 0.5) is 4.79 Å². The molecule has 4 aliphatic carbocycles. The van der Waals surface area contributed by atoms with Gasteiger partial charge in [-0.15, -0.1) is 0 Å². The van der Waals surface area contributed by atoms with Gasteiger partial charge in [-0.3, -0.25) is 14.9 Å². The monoisotopic (exact) mass is 325 g/mol. The number of hydrogen-bond acceptors (Lipinski definition) is 6. The number of nitrogens with one attached hydrogen (secondary N) is 1. The van der Waals surface area contributed by atoms with Crippen LogP contribution in [0.25, 0.3) is 0 Å². The van der Waals surface area contributed by atoms with Crippen molar-refractivity contribution in [1.82, 2.24) is 5.32 Å². The Morgan fingerprint density at radius 1 is 1.17 bits per heavy atom. The summed E-state index contributed by atoms with van der Waals surface area (Å²) >= 11 is 0. The molecule has 23 heavy (non-hydrogen) atoms. The highest BCUT2D eigenvalue weighted by Crippen LogP contribution is 2.62. The van der Waals surface area contributed by atoms with Crippen LogP contribution in [0.5, 0.6) is 0 Å². The third-order valence-corrected chi connectivity index (χ3v) is 5.53. The molecule has 4 saturated carbocycles. The Morgan fingerprint density at radius 3 is 2.30 bits per heavy atom. The van der Waals surface area contributed by atoms with Crippen LogP contribution in [-0.2, 0) is 19.1 Å². The number of methoxy groups -OCH3 is 1. The molecule has 7 heteroatoms. The van der Waals surface area contributed by atoms with Gasteiger partial charge in [-0.05, 0) is 57.3 Å². The van der Waals surface area contributed by atoms with Gasteiger partial charge in [0.2, 0.25) is 0 Å². The maximum absolute atomic E-state index is 12.7. The van der Waals surface area contributed by atoms with Crippen molar-refractivity contribution in [2.45, 2.75) is 57.2 Å². The minimum Gasteiger partial charge on any atom is -0.453 e. The summed E-state index contributed by atoms with van der Waals surface area (Å²) in [6.45, 7) is 1.42. The molecule has 0 aromatic rings. The second-order valence-corrected chi connectivity index (χ2v) is 7.49. The van der Waals surface area contributed by atoms with Crippen LogP contribution >= 0.6 is 0 Å². The Morgan fingerprint density at radius 2 is 1.78 bits per heavy atom. The zero-order chi connectivity index (χ0) is 16.8. The van der Waals surface area contributed by atoms with Crippen LogP contribution in [0.1, 0.15) is 45.4 Å². The third-order valence-electron chi connectivity index (χ3n) is 5.53. The molecule has 0 saturated heterocycles. The van der Waals surface area contributed by atoms with Gasteiger partial charge >= 0.3 is 12.1 Å². The fraction of sp³-hybridized carbons (Fsp3) is 0.812. The number of imide groups is 1. The molecule has 0 unspecified atom stereocenters. The number of hydrogen-bond donors (Lipinski definition) is 2. The van der Waals surface area contributed by atoms with Crippen LogP contribution < -0.4 is 5.32 Å². The maximum atomic E-state index is 12.7. The molecule has 4 aliphatic rings. The Hall–Kier alpha value is -1.63. The summed E-state index contributed by atoms with van der Waals surface area (Å²) in [5.41, 5.74) is -1.45. The molecular formula is C16H23NO6. The summed E-state index contributed by atoms with van der Waals surface area (Å²) in [6, 6.07) is 0. The molecule has 0 spiro atoms. The molecule has 0 aromatic carbocycles. The van der Waals surface area contributed by atoms with Crippen molar-refractivity contribution in [3.8, 4) is 0 Å². The first-order chi connectivity index (χ1) is 10.8. The molecule has 0 heterocycles. The number of carbonyl (C=O) groups excluding carboxylic acids is 3. The Bertz CT molecular complexity index is 531. The van der Waals surface area contributed by atoms with Crippen LogP contribution in [0, 0.1) is 17.3 Å². The fourth-order valence-corrected chi connectivity index (χ4v) is 5.05. The van der Waals surface area contributed by atoms with Crippen molar-refractivity contribution >= 4 is 18.0 Å². The summed E-state index contributed by atoms with van der Waals surface area (Å²) in [7, 11) is 1.15. The van der Waals surface area contributed by atoms with Gasteiger partial charge in [-0.2, -0.15) is 0 Å². The summed E-state index contributed by atoms with van der Waals surface area (Å²) in [5.74, 6) is -0.438. The first-order valence-corrected chi connectivity index (χ1v) is 8.08.